The summed E-state index contributed by atoms with van der Waals surface area (Å²) in [4.78, 5) is 20.2. The first-order chi connectivity index (χ1) is 13.0. The monoisotopic (exact) mass is 384 g/mol. The predicted molar refractivity (Wildman–Crippen MR) is 103 cm³/mol. The molecule has 0 saturated carbocycles. The minimum absolute atomic E-state index is 0.0654. The summed E-state index contributed by atoms with van der Waals surface area (Å²) in [5, 5.41) is 13.8. The molecule has 0 bridgehead atoms. The van der Waals surface area contributed by atoms with Gasteiger partial charge in [-0.1, -0.05) is 47.1 Å². The van der Waals surface area contributed by atoms with Crippen LogP contribution >= 0.6 is 11.6 Å². The fourth-order valence-electron chi connectivity index (χ4n) is 2.32. The lowest BCUT2D eigenvalue weighted by atomic mass is 10.2. The van der Waals surface area contributed by atoms with Crippen LogP contribution in [-0.2, 0) is 22.8 Å². The molecule has 0 radical (unpaired) electrons. The highest BCUT2D eigenvalue weighted by molar-refractivity contribution is 6.34. The van der Waals surface area contributed by atoms with E-state index >= 15 is 0 Å². The fourth-order valence-corrected chi connectivity index (χ4v) is 2.54. The van der Waals surface area contributed by atoms with Crippen LogP contribution in [0.5, 0.6) is 5.75 Å². The summed E-state index contributed by atoms with van der Waals surface area (Å²) >= 11 is 6.23. The number of aromatic nitrogens is 1. The molecule has 0 spiro atoms. The maximum Gasteiger partial charge on any atom is 0.353 e. The third-order valence-electron chi connectivity index (χ3n) is 3.80. The van der Waals surface area contributed by atoms with E-state index in [4.69, 9.17) is 26.3 Å². The molecule has 27 heavy (non-hydrogen) atoms. The van der Waals surface area contributed by atoms with Gasteiger partial charge in [-0.3, -0.25) is 0 Å². The Hall–Kier alpha value is -3.12. The SMILES string of the molecule is C/C(=N\OCc1ccc(OCc2ccc3ccccc3n2)cc1Cl)C(=O)O. The zero-order valence-corrected chi connectivity index (χ0v) is 15.3. The van der Waals surface area contributed by atoms with Gasteiger partial charge < -0.3 is 14.7 Å². The van der Waals surface area contributed by atoms with Gasteiger partial charge in [0.1, 0.15) is 19.0 Å². The Labute approximate surface area is 161 Å². The van der Waals surface area contributed by atoms with Gasteiger partial charge in [0.25, 0.3) is 0 Å². The van der Waals surface area contributed by atoms with Crippen LogP contribution < -0.4 is 4.74 Å². The highest BCUT2D eigenvalue weighted by Crippen LogP contribution is 2.24. The summed E-state index contributed by atoms with van der Waals surface area (Å²) in [5.74, 6) is -0.531. The van der Waals surface area contributed by atoms with Crippen molar-refractivity contribution >= 4 is 34.2 Å². The number of rotatable bonds is 7. The third-order valence-corrected chi connectivity index (χ3v) is 4.15. The molecule has 0 atom stereocenters. The van der Waals surface area contributed by atoms with E-state index in [9.17, 15) is 4.79 Å². The molecule has 1 aromatic heterocycles. The number of carboxylic acid groups (broad SMARTS) is 1. The van der Waals surface area contributed by atoms with E-state index in [2.05, 4.69) is 10.1 Å². The average molecular weight is 385 g/mol. The molecule has 0 aliphatic heterocycles. The Balaban J connectivity index is 1.61. The molecule has 0 fully saturated rings. The Kier molecular flexibility index (Phi) is 5.88. The van der Waals surface area contributed by atoms with Crippen LogP contribution in [0.4, 0.5) is 0 Å². The van der Waals surface area contributed by atoms with Gasteiger partial charge in [-0.15, -0.1) is 0 Å². The van der Waals surface area contributed by atoms with Gasteiger partial charge in [-0.2, -0.15) is 0 Å². The van der Waals surface area contributed by atoms with E-state index in [-0.39, 0.29) is 12.3 Å². The minimum Gasteiger partial charge on any atom is -0.487 e. The topological polar surface area (TPSA) is 81.0 Å². The van der Waals surface area contributed by atoms with Crippen molar-refractivity contribution in [2.75, 3.05) is 0 Å². The molecule has 0 unspecified atom stereocenters. The number of aliphatic carboxylic acids is 1. The molecular formula is C20H17ClN2O4. The van der Waals surface area contributed by atoms with Crippen molar-refractivity contribution in [2.24, 2.45) is 5.16 Å². The zero-order valence-electron chi connectivity index (χ0n) is 14.6. The number of carbonyl (C=O) groups is 1. The Bertz CT molecular complexity index is 1000. The maximum atomic E-state index is 10.7. The van der Waals surface area contributed by atoms with Gasteiger partial charge in [0.05, 0.1) is 16.2 Å². The van der Waals surface area contributed by atoms with Crippen molar-refractivity contribution in [1.29, 1.82) is 0 Å². The van der Waals surface area contributed by atoms with E-state index in [1.165, 1.54) is 6.92 Å². The highest BCUT2D eigenvalue weighted by atomic mass is 35.5. The van der Waals surface area contributed by atoms with Gasteiger partial charge in [0, 0.05) is 10.9 Å². The molecule has 0 amide bonds. The van der Waals surface area contributed by atoms with Crippen LogP contribution in [0.3, 0.4) is 0 Å². The van der Waals surface area contributed by atoms with Gasteiger partial charge in [-0.05, 0) is 31.2 Å². The molecule has 138 valence electrons. The number of ether oxygens (including phenoxy) is 1. The number of oxime groups is 1. The van der Waals surface area contributed by atoms with E-state index in [0.717, 1.165) is 16.6 Å². The second-order valence-corrected chi connectivity index (χ2v) is 6.20. The number of carboxylic acids is 1. The van der Waals surface area contributed by atoms with Gasteiger partial charge in [0.2, 0.25) is 0 Å². The highest BCUT2D eigenvalue weighted by Gasteiger charge is 2.06. The Morgan fingerprint density at radius 2 is 1.96 bits per heavy atom. The Morgan fingerprint density at radius 1 is 1.15 bits per heavy atom. The van der Waals surface area contributed by atoms with Crippen molar-refractivity contribution in [1.82, 2.24) is 4.98 Å². The molecule has 3 aromatic rings. The first-order valence-electron chi connectivity index (χ1n) is 8.18. The molecule has 0 saturated heterocycles. The lowest BCUT2D eigenvalue weighted by Crippen LogP contribution is -2.08. The summed E-state index contributed by atoms with van der Waals surface area (Å²) in [6.45, 7) is 1.73. The summed E-state index contributed by atoms with van der Waals surface area (Å²) < 4.78 is 5.76. The number of hydrogen-bond donors (Lipinski definition) is 1. The molecule has 1 heterocycles. The van der Waals surface area contributed by atoms with Crippen LogP contribution in [0, 0.1) is 0 Å². The Morgan fingerprint density at radius 3 is 2.74 bits per heavy atom. The van der Waals surface area contributed by atoms with Crippen molar-refractivity contribution < 1.29 is 19.5 Å². The minimum atomic E-state index is -1.13. The summed E-state index contributed by atoms with van der Waals surface area (Å²) in [5.41, 5.74) is 2.28. The van der Waals surface area contributed by atoms with Gasteiger partial charge in [0.15, 0.2) is 5.71 Å². The van der Waals surface area contributed by atoms with Gasteiger partial charge >= 0.3 is 5.97 Å². The van der Waals surface area contributed by atoms with E-state index in [1.54, 1.807) is 18.2 Å². The summed E-state index contributed by atoms with van der Waals surface area (Å²) in [7, 11) is 0. The van der Waals surface area contributed by atoms with Crippen LogP contribution in [0.25, 0.3) is 10.9 Å². The molecule has 0 aliphatic carbocycles. The molecule has 6 nitrogen and oxygen atoms in total. The molecule has 0 aliphatic rings. The number of hydrogen-bond acceptors (Lipinski definition) is 5. The molecule has 7 heteroatoms. The first kappa shape index (κ1) is 18.7. The third kappa shape index (κ3) is 4.95. The quantitative estimate of drug-likeness (QED) is 0.481. The lowest BCUT2D eigenvalue weighted by molar-refractivity contribution is -0.129. The van der Waals surface area contributed by atoms with Crippen LogP contribution in [0.1, 0.15) is 18.2 Å². The average Bonchev–Trinajstić information content (AvgIpc) is 2.67. The number of halogens is 1. The summed E-state index contributed by atoms with van der Waals surface area (Å²) in [6.07, 6.45) is 0. The molecular weight excluding hydrogens is 368 g/mol. The normalized spacial score (nSPS) is 11.4. The van der Waals surface area contributed by atoms with Crippen LogP contribution in [0.15, 0.2) is 59.8 Å². The predicted octanol–water partition coefficient (Wildman–Crippen LogP) is 4.44. The molecule has 3 rings (SSSR count). The first-order valence-corrected chi connectivity index (χ1v) is 8.56. The number of benzene rings is 2. The van der Waals surface area contributed by atoms with E-state index < -0.39 is 5.97 Å². The second-order valence-electron chi connectivity index (χ2n) is 5.79. The number of para-hydroxylation sites is 1. The van der Waals surface area contributed by atoms with Crippen molar-refractivity contribution in [3.63, 3.8) is 0 Å². The number of fused-ring (bicyclic) bond motifs is 1. The maximum absolute atomic E-state index is 10.7. The van der Waals surface area contributed by atoms with E-state index in [1.807, 2.05) is 36.4 Å². The van der Waals surface area contributed by atoms with Crippen molar-refractivity contribution in [2.45, 2.75) is 20.1 Å². The smallest absolute Gasteiger partial charge is 0.353 e. The molecule has 1 N–H and O–H groups in total. The zero-order chi connectivity index (χ0) is 19.2. The largest absolute Gasteiger partial charge is 0.487 e. The van der Waals surface area contributed by atoms with Crippen LogP contribution in [0.2, 0.25) is 5.02 Å². The standard InChI is InChI=1S/C20H17ClN2O4/c1-13(20(24)25)23-27-11-15-7-9-17(10-18(15)21)26-12-16-8-6-14-4-2-3-5-19(14)22-16/h2-10H,11-12H2,1H3,(H,24,25)/b23-13+. The van der Waals surface area contributed by atoms with Gasteiger partial charge in [-0.25, -0.2) is 9.78 Å². The van der Waals surface area contributed by atoms with E-state index in [0.29, 0.717) is 22.9 Å². The van der Waals surface area contributed by atoms with Crippen molar-refractivity contribution in [3.05, 3.63) is 70.9 Å². The fraction of sp³-hybridized carbons (Fsp3) is 0.150. The van der Waals surface area contributed by atoms with Crippen LogP contribution in [-0.4, -0.2) is 21.8 Å². The van der Waals surface area contributed by atoms with Crippen molar-refractivity contribution in [3.8, 4) is 5.75 Å². The summed E-state index contributed by atoms with van der Waals surface area (Å²) in [6, 6.07) is 17.0. The second kappa shape index (κ2) is 8.51. The lowest BCUT2D eigenvalue weighted by Gasteiger charge is -2.09. The number of nitrogens with zero attached hydrogens (tertiary/aromatic N) is 2. The molecule has 2 aromatic carbocycles. The number of pyridine rings is 1.